The lowest BCUT2D eigenvalue weighted by atomic mass is 10.3. The summed E-state index contributed by atoms with van der Waals surface area (Å²) in [5.74, 6) is 1.32. The number of hydrogen-bond acceptors (Lipinski definition) is 5. The first-order valence-electron chi connectivity index (χ1n) is 4.02. The van der Waals surface area contributed by atoms with Crippen LogP contribution < -0.4 is 4.74 Å². The molecule has 0 saturated carbocycles. The lowest BCUT2D eigenvalue weighted by Crippen LogP contribution is -1.87. The maximum atomic E-state index is 9.01. The average Bonchev–Trinajstić information content (AvgIpc) is 2.85. The molecule has 0 amide bonds. The molecule has 0 atom stereocenters. The van der Waals surface area contributed by atoms with Crippen LogP contribution in [0, 0.1) is 0 Å². The molecule has 2 aromatic rings. The number of methoxy groups -OCH3 is 1. The van der Waals surface area contributed by atoms with E-state index in [4.69, 9.17) is 14.3 Å². The maximum absolute atomic E-state index is 9.01. The summed E-state index contributed by atoms with van der Waals surface area (Å²) in [6, 6.07) is 1.85. The molecule has 0 spiro atoms. The summed E-state index contributed by atoms with van der Waals surface area (Å²) in [6.07, 6.45) is 1.32. The summed E-state index contributed by atoms with van der Waals surface area (Å²) in [5.41, 5.74) is 0.533. The van der Waals surface area contributed by atoms with Crippen molar-refractivity contribution in [1.29, 1.82) is 0 Å². The lowest BCUT2D eigenvalue weighted by Gasteiger charge is -1.99. The summed E-state index contributed by atoms with van der Waals surface area (Å²) in [4.78, 5) is 4.76. The first-order chi connectivity index (χ1) is 6.86. The molecule has 2 aromatic heterocycles. The molecule has 0 aliphatic heterocycles. The summed E-state index contributed by atoms with van der Waals surface area (Å²) < 4.78 is 10.4. The number of aliphatic hydroxyl groups is 1. The van der Waals surface area contributed by atoms with Crippen molar-refractivity contribution in [2.75, 3.05) is 7.11 Å². The highest BCUT2D eigenvalue weighted by Crippen LogP contribution is 2.36. The van der Waals surface area contributed by atoms with Crippen molar-refractivity contribution < 1.29 is 14.3 Å². The molecule has 0 aromatic carbocycles. The lowest BCUT2D eigenvalue weighted by molar-refractivity contribution is 0.277. The number of oxazole rings is 1. The van der Waals surface area contributed by atoms with Gasteiger partial charge in [0.1, 0.15) is 16.3 Å². The zero-order valence-electron chi connectivity index (χ0n) is 7.56. The molecule has 0 bridgehead atoms. The van der Waals surface area contributed by atoms with E-state index in [1.165, 1.54) is 17.7 Å². The van der Waals surface area contributed by atoms with Crippen LogP contribution in [0.4, 0.5) is 0 Å². The second-order valence-electron chi connectivity index (χ2n) is 2.60. The number of nitrogens with zero attached hydrogens (tertiary/aromatic N) is 1. The first kappa shape index (κ1) is 9.23. The van der Waals surface area contributed by atoms with Gasteiger partial charge in [0.2, 0.25) is 0 Å². The molecule has 2 rings (SSSR count). The van der Waals surface area contributed by atoms with Gasteiger partial charge in [-0.25, -0.2) is 4.98 Å². The number of hydrogen-bond donors (Lipinski definition) is 1. The summed E-state index contributed by atoms with van der Waals surface area (Å²) in [6.45, 7) is -0.132. The Morgan fingerprint density at radius 2 is 2.50 bits per heavy atom. The molecule has 74 valence electrons. The molecule has 4 nitrogen and oxygen atoms in total. The van der Waals surface area contributed by atoms with Crippen molar-refractivity contribution >= 4 is 11.3 Å². The minimum Gasteiger partial charge on any atom is -0.495 e. The van der Waals surface area contributed by atoms with E-state index < -0.39 is 0 Å². The number of aromatic nitrogens is 1. The molecule has 5 heteroatoms. The van der Waals surface area contributed by atoms with E-state index >= 15 is 0 Å². The van der Waals surface area contributed by atoms with Crippen LogP contribution in [-0.2, 0) is 6.61 Å². The van der Waals surface area contributed by atoms with Gasteiger partial charge >= 0.3 is 0 Å². The van der Waals surface area contributed by atoms with Crippen molar-refractivity contribution in [3.63, 3.8) is 0 Å². The van der Waals surface area contributed by atoms with E-state index in [0.717, 1.165) is 10.6 Å². The quantitative estimate of drug-likeness (QED) is 0.842. The zero-order chi connectivity index (χ0) is 9.97. The van der Waals surface area contributed by atoms with Crippen LogP contribution in [-0.4, -0.2) is 17.2 Å². The normalized spacial score (nSPS) is 10.4. The Morgan fingerprint density at radius 3 is 3.21 bits per heavy atom. The maximum Gasteiger partial charge on any atom is 0.181 e. The summed E-state index contributed by atoms with van der Waals surface area (Å²) in [7, 11) is 1.60. The molecule has 0 unspecified atom stereocenters. The van der Waals surface area contributed by atoms with Crippen molar-refractivity contribution in [1.82, 2.24) is 4.98 Å². The number of ether oxygens (including phenoxy) is 1. The van der Waals surface area contributed by atoms with Crippen LogP contribution in [0.1, 0.15) is 5.69 Å². The third-order valence-corrected chi connectivity index (χ3v) is 2.74. The fourth-order valence-electron chi connectivity index (χ4n) is 1.19. The van der Waals surface area contributed by atoms with Gasteiger partial charge in [-0.3, -0.25) is 0 Å². The zero-order valence-corrected chi connectivity index (χ0v) is 8.37. The topological polar surface area (TPSA) is 55.5 Å². The Morgan fingerprint density at radius 1 is 1.64 bits per heavy atom. The molecule has 0 aliphatic rings. The van der Waals surface area contributed by atoms with Crippen LogP contribution in [0.25, 0.3) is 10.6 Å². The van der Waals surface area contributed by atoms with E-state index in [1.54, 1.807) is 7.11 Å². The smallest absolute Gasteiger partial charge is 0.181 e. The Kier molecular flexibility index (Phi) is 2.51. The molecule has 14 heavy (non-hydrogen) atoms. The average molecular weight is 211 g/mol. The second-order valence-corrected chi connectivity index (χ2v) is 3.52. The first-order valence-corrected chi connectivity index (χ1v) is 4.90. The number of aliphatic hydroxyl groups excluding tert-OH is 1. The van der Waals surface area contributed by atoms with Gasteiger partial charge in [0.25, 0.3) is 0 Å². The second kappa shape index (κ2) is 3.81. The molecule has 0 aliphatic carbocycles. The fraction of sp³-hybridized carbons (Fsp3) is 0.222. The molecule has 2 heterocycles. The van der Waals surface area contributed by atoms with Gasteiger partial charge in [-0.05, 0) is 11.4 Å². The molecule has 0 radical (unpaired) electrons. The molecule has 0 fully saturated rings. The van der Waals surface area contributed by atoms with Crippen LogP contribution >= 0.6 is 11.3 Å². The number of thiophene rings is 1. The van der Waals surface area contributed by atoms with Gasteiger partial charge < -0.3 is 14.3 Å². The van der Waals surface area contributed by atoms with Gasteiger partial charge in [0.05, 0.1) is 13.7 Å². The van der Waals surface area contributed by atoms with Crippen LogP contribution in [0.3, 0.4) is 0 Å². The van der Waals surface area contributed by atoms with Crippen molar-refractivity contribution in [2.45, 2.75) is 6.61 Å². The fourth-order valence-corrected chi connectivity index (χ4v) is 2.06. The molecular weight excluding hydrogens is 202 g/mol. The SMILES string of the molecule is COc1ccsc1-c1ocnc1CO. The van der Waals surface area contributed by atoms with Gasteiger partial charge in [-0.1, -0.05) is 0 Å². The van der Waals surface area contributed by atoms with Gasteiger partial charge in [-0.2, -0.15) is 0 Å². The van der Waals surface area contributed by atoms with Crippen LogP contribution in [0.15, 0.2) is 22.3 Å². The molecular formula is C9H9NO3S. The Bertz CT molecular complexity index is 381. The summed E-state index contributed by atoms with van der Waals surface area (Å²) >= 11 is 1.49. The van der Waals surface area contributed by atoms with Crippen LogP contribution in [0.5, 0.6) is 5.75 Å². The minimum absolute atomic E-state index is 0.132. The predicted molar refractivity (Wildman–Crippen MR) is 52.3 cm³/mol. The highest BCUT2D eigenvalue weighted by atomic mass is 32.1. The van der Waals surface area contributed by atoms with Crippen molar-refractivity contribution in [2.24, 2.45) is 0 Å². The highest BCUT2D eigenvalue weighted by molar-refractivity contribution is 7.14. The van der Waals surface area contributed by atoms with Gasteiger partial charge in [0.15, 0.2) is 12.2 Å². The Hall–Kier alpha value is -1.33. The summed E-state index contributed by atoms with van der Waals surface area (Å²) in [5, 5.41) is 10.9. The van der Waals surface area contributed by atoms with E-state index in [1.807, 2.05) is 11.4 Å². The molecule has 1 N–H and O–H groups in total. The minimum atomic E-state index is -0.132. The Labute approximate surface area is 84.8 Å². The third kappa shape index (κ3) is 1.40. The van der Waals surface area contributed by atoms with E-state index in [2.05, 4.69) is 4.98 Å². The monoisotopic (exact) mass is 211 g/mol. The standard InChI is InChI=1S/C9H9NO3S/c1-12-7-2-3-14-9(7)8-6(4-11)10-5-13-8/h2-3,5,11H,4H2,1H3. The molecule has 0 saturated heterocycles. The Balaban J connectivity index is 2.48. The van der Waals surface area contributed by atoms with E-state index in [0.29, 0.717) is 11.5 Å². The largest absolute Gasteiger partial charge is 0.495 e. The number of rotatable bonds is 3. The highest BCUT2D eigenvalue weighted by Gasteiger charge is 2.15. The third-order valence-electron chi connectivity index (χ3n) is 1.85. The van der Waals surface area contributed by atoms with Crippen molar-refractivity contribution in [3.8, 4) is 16.4 Å². The van der Waals surface area contributed by atoms with E-state index in [-0.39, 0.29) is 6.61 Å². The van der Waals surface area contributed by atoms with E-state index in [9.17, 15) is 0 Å². The van der Waals surface area contributed by atoms with Gasteiger partial charge in [0, 0.05) is 0 Å². The van der Waals surface area contributed by atoms with Crippen LogP contribution in [0.2, 0.25) is 0 Å². The predicted octanol–water partition coefficient (Wildman–Crippen LogP) is 1.90. The van der Waals surface area contributed by atoms with Crippen molar-refractivity contribution in [3.05, 3.63) is 23.5 Å². The van der Waals surface area contributed by atoms with Gasteiger partial charge in [-0.15, -0.1) is 11.3 Å².